The van der Waals surface area contributed by atoms with E-state index in [4.69, 9.17) is 5.73 Å². The number of hydrogen-bond donors (Lipinski definition) is 6. The molecule has 2 aromatic rings. The third-order valence-electron chi connectivity index (χ3n) is 7.53. The summed E-state index contributed by atoms with van der Waals surface area (Å²) in [6, 6.07) is 12.9. The van der Waals surface area contributed by atoms with Crippen molar-refractivity contribution in [2.75, 3.05) is 0 Å². The Morgan fingerprint density at radius 1 is 1.03 bits per heavy atom. The molecule has 0 saturated heterocycles. The number of nitrogens with two attached hydrogens (primary N) is 1. The Labute approximate surface area is 206 Å². The molecule has 0 aromatic heterocycles. The van der Waals surface area contributed by atoms with Crippen molar-refractivity contribution < 1.29 is 34.8 Å². The maximum Gasteiger partial charge on any atom is 0.255 e. The van der Waals surface area contributed by atoms with Crippen LogP contribution >= 0.6 is 0 Å². The number of carbonyl (C=O) groups is 3. The minimum atomic E-state index is -2.56. The molecule has 36 heavy (non-hydrogen) atoms. The Hall–Kier alpha value is -3.95. The van der Waals surface area contributed by atoms with Gasteiger partial charge in [0.05, 0.1) is 5.56 Å². The second-order valence-corrected chi connectivity index (χ2v) is 9.60. The molecule has 0 bridgehead atoms. The van der Waals surface area contributed by atoms with E-state index in [9.17, 15) is 34.8 Å². The Morgan fingerprint density at radius 3 is 2.44 bits per heavy atom. The van der Waals surface area contributed by atoms with Crippen molar-refractivity contribution in [2.45, 2.75) is 38.0 Å². The van der Waals surface area contributed by atoms with E-state index in [-0.39, 0.29) is 36.1 Å². The Bertz CT molecular complexity index is 1360. The van der Waals surface area contributed by atoms with E-state index in [0.29, 0.717) is 18.7 Å². The predicted octanol–water partition coefficient (Wildman–Crippen LogP) is 1.87. The van der Waals surface area contributed by atoms with Crippen molar-refractivity contribution in [2.24, 2.45) is 17.6 Å². The van der Waals surface area contributed by atoms with Crippen molar-refractivity contribution >= 4 is 17.5 Å². The van der Waals surface area contributed by atoms with Crippen LogP contribution in [0.15, 0.2) is 65.1 Å². The fraction of sp³-hybridized carbons (Fsp3) is 0.296. The summed E-state index contributed by atoms with van der Waals surface area (Å²) in [5, 5.41) is 46.5. The zero-order valence-corrected chi connectivity index (χ0v) is 19.3. The molecule has 0 fully saturated rings. The molecule has 0 radical (unpaired) electrons. The first kappa shape index (κ1) is 23.8. The molecular weight excluding hydrogens is 464 g/mol. The van der Waals surface area contributed by atoms with Crippen LogP contribution in [-0.2, 0) is 29.1 Å². The highest BCUT2D eigenvalue weighted by atomic mass is 16.3. The van der Waals surface area contributed by atoms with Gasteiger partial charge in [0.15, 0.2) is 11.4 Å². The number of aliphatic hydroxyl groups excluding tert-OH is 2. The summed E-state index contributed by atoms with van der Waals surface area (Å²) >= 11 is 0. The van der Waals surface area contributed by atoms with Gasteiger partial charge in [-0.1, -0.05) is 36.4 Å². The van der Waals surface area contributed by atoms with Crippen LogP contribution in [-0.4, -0.2) is 43.5 Å². The third-order valence-corrected chi connectivity index (χ3v) is 7.53. The topological polar surface area (TPSA) is 170 Å². The van der Waals surface area contributed by atoms with E-state index in [0.717, 1.165) is 11.1 Å². The molecule has 5 rings (SSSR count). The van der Waals surface area contributed by atoms with Crippen LogP contribution in [0.2, 0.25) is 0 Å². The number of phenols is 1. The normalized spacial score (nSPS) is 25.4. The number of Topliss-reactive ketones (excluding diaryl/α,β-unsaturated/α-hetero) is 2. The summed E-state index contributed by atoms with van der Waals surface area (Å²) in [6.07, 6.45) is 0.140. The van der Waals surface area contributed by atoms with Gasteiger partial charge in [-0.15, -0.1) is 0 Å². The average molecular weight is 491 g/mol. The molecule has 186 valence electrons. The van der Waals surface area contributed by atoms with Gasteiger partial charge in [-0.05, 0) is 41.5 Å². The number of amides is 1. The van der Waals surface area contributed by atoms with E-state index in [1.807, 2.05) is 30.3 Å². The van der Waals surface area contributed by atoms with Crippen molar-refractivity contribution in [1.82, 2.24) is 5.32 Å². The second kappa shape index (κ2) is 8.61. The number of ketones is 2. The number of nitrogens with one attached hydrogen (secondary N) is 1. The van der Waals surface area contributed by atoms with Gasteiger partial charge in [0.2, 0.25) is 5.78 Å². The van der Waals surface area contributed by atoms with Crippen LogP contribution in [0.25, 0.3) is 0 Å². The molecule has 2 aromatic carbocycles. The number of carbonyl (C=O) groups excluding carboxylic acids is 3. The van der Waals surface area contributed by atoms with E-state index >= 15 is 0 Å². The maximum absolute atomic E-state index is 13.6. The zero-order chi connectivity index (χ0) is 25.8. The van der Waals surface area contributed by atoms with Gasteiger partial charge >= 0.3 is 0 Å². The number of primary amides is 1. The standard InChI is InChI=1S/C27H26N2O7/c28-26(35)22-19(31)10-16-8-15-9-17-14(12-29-11-13-4-2-1-3-5-13)6-7-18(30)21(17)23(32)20(15)24(33)27(16,36)25(22)34/h1-7,15-16,29-31,33,36H,8-12H2,(H2,28,35)/t15-,16+,27+/m1/s1. The monoisotopic (exact) mass is 490 g/mol. The van der Waals surface area contributed by atoms with Crippen LogP contribution in [0.3, 0.4) is 0 Å². The Morgan fingerprint density at radius 2 is 1.75 bits per heavy atom. The van der Waals surface area contributed by atoms with Crippen molar-refractivity contribution in [3.63, 3.8) is 0 Å². The van der Waals surface area contributed by atoms with Gasteiger partial charge in [0.1, 0.15) is 22.8 Å². The largest absolute Gasteiger partial charge is 0.511 e. The zero-order valence-electron chi connectivity index (χ0n) is 19.3. The van der Waals surface area contributed by atoms with Crippen LogP contribution in [0.1, 0.15) is 39.9 Å². The lowest BCUT2D eigenvalue weighted by atomic mass is 9.60. The third kappa shape index (κ3) is 3.51. The minimum Gasteiger partial charge on any atom is -0.511 e. The molecule has 9 nitrogen and oxygen atoms in total. The lowest BCUT2D eigenvalue weighted by Crippen LogP contribution is -2.57. The highest BCUT2D eigenvalue weighted by Gasteiger charge is 2.59. The number of fused-ring (bicyclic) bond motifs is 3. The van der Waals surface area contributed by atoms with Gasteiger partial charge in [0, 0.05) is 31.0 Å². The molecule has 0 aliphatic heterocycles. The van der Waals surface area contributed by atoms with E-state index in [1.165, 1.54) is 6.07 Å². The Balaban J connectivity index is 1.51. The second-order valence-electron chi connectivity index (χ2n) is 9.60. The number of aliphatic hydroxyl groups is 3. The van der Waals surface area contributed by atoms with Crippen LogP contribution in [0.4, 0.5) is 0 Å². The summed E-state index contributed by atoms with van der Waals surface area (Å²) in [7, 11) is 0. The molecule has 3 atom stereocenters. The highest BCUT2D eigenvalue weighted by molar-refractivity contribution is 6.24. The van der Waals surface area contributed by atoms with Gasteiger partial charge in [-0.2, -0.15) is 0 Å². The molecule has 0 spiro atoms. The van der Waals surface area contributed by atoms with Gasteiger partial charge < -0.3 is 31.5 Å². The van der Waals surface area contributed by atoms with E-state index in [2.05, 4.69) is 5.32 Å². The number of allylic oxidation sites excluding steroid dienone is 2. The summed E-state index contributed by atoms with van der Waals surface area (Å²) in [6.45, 7) is 1.03. The molecule has 7 N–H and O–H groups in total. The number of hydrogen-bond acceptors (Lipinski definition) is 8. The van der Waals surface area contributed by atoms with Crippen molar-refractivity contribution in [3.05, 3.63) is 87.4 Å². The molecular formula is C27H26N2O7. The van der Waals surface area contributed by atoms with E-state index in [1.54, 1.807) is 6.07 Å². The summed E-state index contributed by atoms with van der Waals surface area (Å²) in [5.74, 6) is -6.29. The first-order chi connectivity index (χ1) is 17.1. The van der Waals surface area contributed by atoms with Crippen LogP contribution in [0.5, 0.6) is 5.75 Å². The molecule has 0 saturated carbocycles. The van der Waals surface area contributed by atoms with Gasteiger partial charge in [-0.3, -0.25) is 14.4 Å². The first-order valence-electron chi connectivity index (χ1n) is 11.7. The van der Waals surface area contributed by atoms with E-state index < -0.39 is 52.0 Å². The lowest BCUT2D eigenvalue weighted by Gasteiger charge is -2.45. The predicted molar refractivity (Wildman–Crippen MR) is 128 cm³/mol. The van der Waals surface area contributed by atoms with Gasteiger partial charge in [-0.25, -0.2) is 0 Å². The molecule has 9 heteroatoms. The number of phenolic OH excluding ortho intramolecular Hbond substituents is 1. The molecule has 1 amide bonds. The average Bonchev–Trinajstić information content (AvgIpc) is 2.83. The molecule has 3 aliphatic carbocycles. The van der Waals surface area contributed by atoms with Gasteiger partial charge in [0.25, 0.3) is 5.91 Å². The fourth-order valence-electron chi connectivity index (χ4n) is 5.79. The summed E-state index contributed by atoms with van der Waals surface area (Å²) < 4.78 is 0. The smallest absolute Gasteiger partial charge is 0.255 e. The van der Waals surface area contributed by atoms with Crippen molar-refractivity contribution in [1.29, 1.82) is 0 Å². The van der Waals surface area contributed by atoms with Crippen LogP contribution in [0, 0.1) is 11.8 Å². The molecule has 0 unspecified atom stereocenters. The molecule has 0 heterocycles. The quantitative estimate of drug-likeness (QED) is 0.345. The number of benzene rings is 2. The number of aromatic hydroxyl groups is 1. The molecule has 3 aliphatic rings. The van der Waals surface area contributed by atoms with Crippen molar-refractivity contribution in [3.8, 4) is 5.75 Å². The fourth-order valence-corrected chi connectivity index (χ4v) is 5.79. The maximum atomic E-state index is 13.6. The first-order valence-corrected chi connectivity index (χ1v) is 11.7. The summed E-state index contributed by atoms with van der Waals surface area (Å²) in [5.41, 5.74) is 4.27. The van der Waals surface area contributed by atoms with Crippen LogP contribution < -0.4 is 11.1 Å². The SMILES string of the molecule is NC(=O)C1=C(O)C[C@@H]2C[C@@H]3Cc4c(CNCc5ccccc5)ccc(O)c4C(=O)C3=C(O)[C@]2(O)C1=O. The highest BCUT2D eigenvalue weighted by Crippen LogP contribution is 2.51. The number of rotatable bonds is 5. The summed E-state index contributed by atoms with van der Waals surface area (Å²) in [4.78, 5) is 38.3. The Kier molecular flexibility index (Phi) is 5.69. The minimum absolute atomic E-state index is 0.0191. The lowest BCUT2D eigenvalue weighted by molar-refractivity contribution is -0.144.